The molecule has 0 aromatic carbocycles. The molecule has 2 amide bonds. The molecule has 6 rings (SSSR count). The van der Waals surface area contributed by atoms with Gasteiger partial charge in [-0.15, -0.1) is 0 Å². The summed E-state index contributed by atoms with van der Waals surface area (Å²) in [5.41, 5.74) is 8.29. The van der Waals surface area contributed by atoms with Crippen LogP contribution in [-0.4, -0.2) is 48.2 Å². The van der Waals surface area contributed by atoms with Gasteiger partial charge in [0.2, 0.25) is 5.91 Å². The van der Waals surface area contributed by atoms with Gasteiger partial charge in [-0.05, 0) is 36.9 Å². The maximum absolute atomic E-state index is 12.2. The summed E-state index contributed by atoms with van der Waals surface area (Å²) in [4.78, 5) is 37.3. The predicted molar refractivity (Wildman–Crippen MR) is 132 cm³/mol. The number of carbonyl (C=O) groups is 2. The van der Waals surface area contributed by atoms with Crippen LogP contribution in [0.1, 0.15) is 23.9 Å². The monoisotopic (exact) mass is 485 g/mol. The first-order chi connectivity index (χ1) is 17.2. The molecule has 6 N–H and O–H groups in total. The predicted octanol–water partition coefficient (Wildman–Crippen LogP) is 1.35. The van der Waals surface area contributed by atoms with Crippen LogP contribution in [0, 0.1) is 6.92 Å². The molecule has 4 aromatic heterocycles. The van der Waals surface area contributed by atoms with Gasteiger partial charge < -0.3 is 26.8 Å². The number of hydrogen-bond acceptors (Lipinski definition) is 9. The van der Waals surface area contributed by atoms with Gasteiger partial charge >= 0.3 is 0 Å². The van der Waals surface area contributed by atoms with E-state index in [9.17, 15) is 14.7 Å². The van der Waals surface area contributed by atoms with Crippen molar-refractivity contribution in [3.63, 3.8) is 0 Å². The highest BCUT2D eigenvalue weighted by molar-refractivity contribution is 6.05. The maximum Gasteiger partial charge on any atom is 0.262 e. The van der Waals surface area contributed by atoms with Crippen LogP contribution in [-0.2, 0) is 28.2 Å². The van der Waals surface area contributed by atoms with Crippen LogP contribution in [0.25, 0.3) is 22.0 Å². The first-order valence-electron chi connectivity index (χ1n) is 11.4. The lowest BCUT2D eigenvalue weighted by atomic mass is 9.98. The fourth-order valence-corrected chi connectivity index (χ4v) is 4.61. The summed E-state index contributed by atoms with van der Waals surface area (Å²) in [7, 11) is 0. The highest BCUT2D eigenvalue weighted by Crippen LogP contribution is 2.40. The Bertz CT molecular complexity index is 1590. The van der Waals surface area contributed by atoms with Gasteiger partial charge in [0.05, 0.1) is 11.4 Å². The highest BCUT2D eigenvalue weighted by Gasteiger charge is 2.43. The molecule has 6 heterocycles. The molecule has 0 spiro atoms. The van der Waals surface area contributed by atoms with E-state index in [0.717, 1.165) is 16.6 Å². The molecule has 0 saturated heterocycles. The summed E-state index contributed by atoms with van der Waals surface area (Å²) >= 11 is 0. The fourth-order valence-electron chi connectivity index (χ4n) is 4.61. The third-order valence-electron chi connectivity index (χ3n) is 6.62. The Labute approximate surface area is 205 Å². The SMILES string of the molecule is Cc1c(-c2cc3cc(Nc4cc5n(n4)CC(=O)NCC5)ncc3c(N)n2)cnc2c1NC(=O)C2(C)O. The lowest BCUT2D eigenvalue weighted by molar-refractivity contribution is -0.132. The molecule has 182 valence electrons. The van der Waals surface area contributed by atoms with Crippen molar-refractivity contribution in [2.45, 2.75) is 32.4 Å². The zero-order valence-corrected chi connectivity index (χ0v) is 19.6. The number of fused-ring (bicyclic) bond motifs is 3. The van der Waals surface area contributed by atoms with Gasteiger partial charge in [0.15, 0.2) is 11.4 Å². The average molecular weight is 486 g/mol. The van der Waals surface area contributed by atoms with Crippen LogP contribution in [0.5, 0.6) is 0 Å². The third kappa shape index (κ3) is 3.41. The molecule has 0 radical (unpaired) electrons. The smallest absolute Gasteiger partial charge is 0.262 e. The molecule has 2 aliphatic heterocycles. The Hall–Kier alpha value is -4.58. The Morgan fingerprint density at radius 2 is 2.00 bits per heavy atom. The summed E-state index contributed by atoms with van der Waals surface area (Å²) in [5, 5.41) is 25.2. The van der Waals surface area contributed by atoms with Gasteiger partial charge in [0.1, 0.15) is 23.9 Å². The van der Waals surface area contributed by atoms with Gasteiger partial charge in [-0.1, -0.05) is 0 Å². The zero-order chi connectivity index (χ0) is 25.2. The summed E-state index contributed by atoms with van der Waals surface area (Å²) in [6.07, 6.45) is 3.93. The van der Waals surface area contributed by atoms with Crippen LogP contribution in [0.3, 0.4) is 0 Å². The number of nitrogens with two attached hydrogens (primary N) is 1. The minimum atomic E-state index is -1.68. The topological polar surface area (TPSA) is 173 Å². The van der Waals surface area contributed by atoms with E-state index < -0.39 is 11.5 Å². The van der Waals surface area contributed by atoms with Crippen LogP contribution in [0.2, 0.25) is 0 Å². The summed E-state index contributed by atoms with van der Waals surface area (Å²) < 4.78 is 1.69. The fraction of sp³-hybridized carbons (Fsp3) is 0.250. The van der Waals surface area contributed by atoms with E-state index in [1.807, 2.05) is 25.1 Å². The number of hydrogen-bond donors (Lipinski definition) is 5. The maximum atomic E-state index is 12.2. The van der Waals surface area contributed by atoms with Crippen molar-refractivity contribution in [3.8, 4) is 11.3 Å². The summed E-state index contributed by atoms with van der Waals surface area (Å²) in [6, 6.07) is 5.62. The van der Waals surface area contributed by atoms with Crippen molar-refractivity contribution < 1.29 is 14.7 Å². The number of rotatable bonds is 3. The standard InChI is InChI=1S/C24H23N9O3/c1-11-14(8-28-21-20(11)31-23(35)24(21,2)36)16-5-12-6-17(27-9-15(12)22(25)29-16)30-18-7-13-3-4-26-19(34)10-33(13)32-18/h5-9,36H,3-4,10H2,1-2H3,(H2,25,29)(H,26,34)(H,31,35)(H,27,30,32). The van der Waals surface area contributed by atoms with Crippen LogP contribution < -0.4 is 21.7 Å². The Balaban J connectivity index is 1.36. The number of aliphatic hydroxyl groups is 1. The molecule has 4 aromatic rings. The molecule has 0 saturated carbocycles. The number of anilines is 4. The minimum absolute atomic E-state index is 0.0674. The molecular formula is C24H23N9O3. The van der Waals surface area contributed by atoms with Gasteiger partial charge in [-0.3, -0.25) is 19.3 Å². The van der Waals surface area contributed by atoms with Gasteiger partial charge in [0.25, 0.3) is 5.91 Å². The minimum Gasteiger partial charge on any atom is -0.383 e. The molecule has 0 aliphatic carbocycles. The first-order valence-corrected chi connectivity index (χ1v) is 11.4. The molecule has 0 bridgehead atoms. The Morgan fingerprint density at radius 3 is 2.83 bits per heavy atom. The number of aromatic nitrogens is 5. The molecule has 12 nitrogen and oxygen atoms in total. The third-order valence-corrected chi connectivity index (χ3v) is 6.62. The van der Waals surface area contributed by atoms with Crippen molar-refractivity contribution in [2.75, 3.05) is 22.9 Å². The van der Waals surface area contributed by atoms with Crippen molar-refractivity contribution in [1.82, 2.24) is 30.0 Å². The number of amides is 2. The van der Waals surface area contributed by atoms with E-state index >= 15 is 0 Å². The van der Waals surface area contributed by atoms with Gasteiger partial charge in [-0.2, -0.15) is 5.10 Å². The second kappa shape index (κ2) is 7.71. The molecule has 1 unspecified atom stereocenters. The lowest BCUT2D eigenvalue weighted by Gasteiger charge is -2.14. The van der Waals surface area contributed by atoms with E-state index in [-0.39, 0.29) is 18.1 Å². The Kier molecular flexibility index (Phi) is 4.70. The first kappa shape index (κ1) is 21.9. The zero-order valence-electron chi connectivity index (χ0n) is 19.6. The number of carbonyl (C=O) groups excluding carboxylic acids is 2. The molecule has 36 heavy (non-hydrogen) atoms. The van der Waals surface area contributed by atoms with Crippen molar-refractivity contribution in [3.05, 3.63) is 47.5 Å². The largest absolute Gasteiger partial charge is 0.383 e. The van der Waals surface area contributed by atoms with Crippen LogP contribution >= 0.6 is 0 Å². The van der Waals surface area contributed by atoms with Crippen molar-refractivity contribution in [1.29, 1.82) is 0 Å². The molecule has 2 aliphatic rings. The molecular weight excluding hydrogens is 462 g/mol. The normalized spacial score (nSPS) is 18.9. The molecule has 12 heteroatoms. The summed E-state index contributed by atoms with van der Waals surface area (Å²) in [5.74, 6) is 0.869. The van der Waals surface area contributed by atoms with Gasteiger partial charge in [0, 0.05) is 48.1 Å². The number of pyridine rings is 3. The quantitative estimate of drug-likeness (QED) is 0.287. The molecule has 1 atom stereocenters. The van der Waals surface area contributed by atoms with E-state index in [0.29, 0.717) is 52.8 Å². The lowest BCUT2D eigenvalue weighted by Crippen LogP contribution is -2.30. The van der Waals surface area contributed by atoms with E-state index in [2.05, 4.69) is 36.0 Å². The van der Waals surface area contributed by atoms with Crippen LogP contribution in [0.4, 0.5) is 23.1 Å². The second-order valence-corrected chi connectivity index (χ2v) is 9.13. The van der Waals surface area contributed by atoms with E-state index in [4.69, 9.17) is 5.73 Å². The second-order valence-electron chi connectivity index (χ2n) is 9.13. The van der Waals surface area contributed by atoms with Gasteiger partial charge in [-0.25, -0.2) is 9.97 Å². The average Bonchev–Trinajstić information content (AvgIpc) is 3.23. The van der Waals surface area contributed by atoms with Crippen molar-refractivity contribution >= 4 is 45.7 Å². The van der Waals surface area contributed by atoms with E-state index in [1.54, 1.807) is 17.1 Å². The highest BCUT2D eigenvalue weighted by atomic mass is 16.3. The number of nitrogen functional groups attached to an aromatic ring is 1. The van der Waals surface area contributed by atoms with Crippen molar-refractivity contribution in [2.24, 2.45) is 0 Å². The van der Waals surface area contributed by atoms with E-state index in [1.165, 1.54) is 6.92 Å². The number of nitrogens with one attached hydrogen (secondary N) is 3. The Morgan fingerprint density at radius 1 is 1.17 bits per heavy atom. The van der Waals surface area contributed by atoms with Crippen LogP contribution in [0.15, 0.2) is 30.6 Å². The number of nitrogens with zero attached hydrogens (tertiary/aromatic N) is 5. The molecule has 0 fully saturated rings. The summed E-state index contributed by atoms with van der Waals surface area (Å²) in [6.45, 7) is 4.01.